The highest BCUT2D eigenvalue weighted by atomic mass is 19.3. The first-order valence-corrected chi connectivity index (χ1v) is 6.08. The van der Waals surface area contributed by atoms with Crippen molar-refractivity contribution < 1.29 is 23.1 Å². The Kier molecular flexibility index (Phi) is 5.19. The van der Waals surface area contributed by atoms with Gasteiger partial charge in [-0.1, -0.05) is 17.3 Å². The van der Waals surface area contributed by atoms with Gasteiger partial charge in [-0.15, -0.1) is 0 Å². The smallest absolute Gasteiger partial charge is 0.381 e. The highest BCUT2D eigenvalue weighted by Crippen LogP contribution is 2.32. The second kappa shape index (κ2) is 6.45. The number of alkyl halides is 2. The summed E-state index contributed by atoms with van der Waals surface area (Å²) in [5, 5.41) is 3.73. The minimum Gasteiger partial charge on any atom is -0.461 e. The van der Waals surface area contributed by atoms with E-state index in [1.165, 1.54) is 39.2 Å². The van der Waals surface area contributed by atoms with E-state index < -0.39 is 11.9 Å². The summed E-state index contributed by atoms with van der Waals surface area (Å²) in [6, 6.07) is 4.20. The molecule has 1 aromatic carbocycles. The summed E-state index contributed by atoms with van der Waals surface area (Å²) in [5.41, 5.74) is 1.12. The normalized spacial score (nSPS) is 12.2. The number of esters is 1. The molecular weight excluding hydrogens is 268 g/mol. The van der Waals surface area contributed by atoms with Gasteiger partial charge in [0, 0.05) is 5.56 Å². The standard InChI is InChI=1S/C14H17F2NO3/c1-5-20-13(18)14(15,16)12-7-6-11(8-9(12)2)10(3)17-19-4/h6-8H,5H2,1-4H3/b17-10+. The Labute approximate surface area is 116 Å². The van der Waals surface area contributed by atoms with Gasteiger partial charge in [-0.25, -0.2) is 4.79 Å². The van der Waals surface area contributed by atoms with Gasteiger partial charge in [-0.05, 0) is 38.0 Å². The number of carbonyl (C=O) groups is 1. The molecule has 0 aliphatic heterocycles. The summed E-state index contributed by atoms with van der Waals surface area (Å²) in [5.74, 6) is -5.21. The first-order valence-electron chi connectivity index (χ1n) is 6.08. The molecule has 110 valence electrons. The number of ether oxygens (including phenoxy) is 1. The van der Waals surface area contributed by atoms with Gasteiger partial charge in [0.15, 0.2) is 0 Å². The molecule has 0 heterocycles. The van der Waals surface area contributed by atoms with Crippen LogP contribution in [-0.2, 0) is 20.3 Å². The molecule has 0 saturated heterocycles. The molecule has 0 amide bonds. The van der Waals surface area contributed by atoms with Crippen molar-refractivity contribution in [2.24, 2.45) is 5.16 Å². The van der Waals surface area contributed by atoms with E-state index in [1.807, 2.05) is 0 Å². The number of aryl methyl sites for hydroxylation is 1. The van der Waals surface area contributed by atoms with Gasteiger partial charge < -0.3 is 9.57 Å². The van der Waals surface area contributed by atoms with Gasteiger partial charge in [0.2, 0.25) is 0 Å². The van der Waals surface area contributed by atoms with Crippen molar-refractivity contribution in [1.82, 2.24) is 0 Å². The first-order chi connectivity index (χ1) is 9.34. The van der Waals surface area contributed by atoms with Crippen LogP contribution in [0.3, 0.4) is 0 Å². The van der Waals surface area contributed by atoms with Crippen LogP contribution in [-0.4, -0.2) is 25.4 Å². The lowest BCUT2D eigenvalue weighted by atomic mass is 9.98. The fourth-order valence-corrected chi connectivity index (χ4v) is 1.76. The molecule has 0 aliphatic carbocycles. The third-order valence-electron chi connectivity index (χ3n) is 2.74. The fraction of sp³-hybridized carbons (Fsp3) is 0.429. The van der Waals surface area contributed by atoms with Crippen LogP contribution in [0.25, 0.3) is 0 Å². The van der Waals surface area contributed by atoms with Gasteiger partial charge in [0.05, 0.1) is 12.3 Å². The van der Waals surface area contributed by atoms with Crippen LogP contribution in [0.1, 0.15) is 30.5 Å². The number of rotatable bonds is 5. The Morgan fingerprint density at radius 1 is 1.40 bits per heavy atom. The molecule has 4 nitrogen and oxygen atoms in total. The van der Waals surface area contributed by atoms with Gasteiger partial charge in [0.25, 0.3) is 0 Å². The van der Waals surface area contributed by atoms with E-state index in [2.05, 4.69) is 14.7 Å². The second-order valence-corrected chi connectivity index (χ2v) is 4.18. The predicted octanol–water partition coefficient (Wildman–Crippen LogP) is 3.02. The lowest BCUT2D eigenvalue weighted by Gasteiger charge is -2.17. The lowest BCUT2D eigenvalue weighted by molar-refractivity contribution is -0.173. The van der Waals surface area contributed by atoms with Crippen LogP contribution in [0.4, 0.5) is 8.78 Å². The van der Waals surface area contributed by atoms with E-state index in [4.69, 9.17) is 0 Å². The summed E-state index contributed by atoms with van der Waals surface area (Å²) >= 11 is 0. The summed E-state index contributed by atoms with van der Waals surface area (Å²) in [7, 11) is 1.40. The van der Waals surface area contributed by atoms with Crippen molar-refractivity contribution in [3.63, 3.8) is 0 Å². The van der Waals surface area contributed by atoms with Gasteiger partial charge >= 0.3 is 11.9 Å². The molecule has 0 bridgehead atoms. The van der Waals surface area contributed by atoms with Crippen LogP contribution in [0.2, 0.25) is 0 Å². The quantitative estimate of drug-likeness (QED) is 0.474. The minimum atomic E-state index is -3.66. The molecule has 0 radical (unpaired) electrons. The Balaban J connectivity index is 3.16. The Morgan fingerprint density at radius 2 is 2.05 bits per heavy atom. The summed E-state index contributed by atoms with van der Waals surface area (Å²) in [6.07, 6.45) is 0. The van der Waals surface area contributed by atoms with Crippen LogP contribution < -0.4 is 0 Å². The lowest BCUT2D eigenvalue weighted by Crippen LogP contribution is -2.29. The summed E-state index contributed by atoms with van der Waals surface area (Å²) in [4.78, 5) is 16.0. The van der Waals surface area contributed by atoms with E-state index in [0.29, 0.717) is 11.3 Å². The van der Waals surface area contributed by atoms with E-state index in [-0.39, 0.29) is 17.7 Å². The van der Waals surface area contributed by atoms with Gasteiger partial charge in [-0.2, -0.15) is 8.78 Å². The first kappa shape index (κ1) is 16.1. The van der Waals surface area contributed by atoms with Gasteiger partial charge in [-0.3, -0.25) is 0 Å². The largest absolute Gasteiger partial charge is 0.461 e. The predicted molar refractivity (Wildman–Crippen MR) is 70.9 cm³/mol. The highest BCUT2D eigenvalue weighted by Gasteiger charge is 2.43. The van der Waals surface area contributed by atoms with Crippen LogP contribution in [0.15, 0.2) is 23.4 Å². The van der Waals surface area contributed by atoms with Gasteiger partial charge in [0.1, 0.15) is 7.11 Å². The zero-order valence-electron chi connectivity index (χ0n) is 11.9. The molecular formula is C14H17F2NO3. The number of hydrogen-bond acceptors (Lipinski definition) is 4. The molecule has 0 fully saturated rings. The topological polar surface area (TPSA) is 47.9 Å². The maximum atomic E-state index is 13.9. The molecule has 6 heteroatoms. The molecule has 0 aliphatic rings. The maximum Gasteiger partial charge on any atom is 0.381 e. The van der Waals surface area contributed by atoms with Crippen molar-refractivity contribution in [2.75, 3.05) is 13.7 Å². The molecule has 1 rings (SSSR count). The van der Waals surface area contributed by atoms with Crippen molar-refractivity contribution in [1.29, 1.82) is 0 Å². The minimum absolute atomic E-state index is 0.0921. The Morgan fingerprint density at radius 3 is 2.55 bits per heavy atom. The van der Waals surface area contributed by atoms with Crippen molar-refractivity contribution in [3.05, 3.63) is 34.9 Å². The van der Waals surface area contributed by atoms with Crippen LogP contribution in [0, 0.1) is 6.92 Å². The zero-order chi connectivity index (χ0) is 15.3. The average Bonchev–Trinajstić information content (AvgIpc) is 2.38. The number of halogens is 2. The van der Waals surface area contributed by atoms with Crippen molar-refractivity contribution in [2.45, 2.75) is 26.7 Å². The number of hydrogen-bond donors (Lipinski definition) is 0. The summed E-state index contributed by atoms with van der Waals surface area (Å²) in [6.45, 7) is 4.59. The second-order valence-electron chi connectivity index (χ2n) is 4.18. The maximum absolute atomic E-state index is 13.9. The molecule has 1 aromatic rings. The van der Waals surface area contributed by atoms with E-state index >= 15 is 0 Å². The molecule has 0 atom stereocenters. The molecule has 0 spiro atoms. The van der Waals surface area contributed by atoms with Crippen LogP contribution >= 0.6 is 0 Å². The molecule has 20 heavy (non-hydrogen) atoms. The number of nitrogens with zero attached hydrogens (tertiary/aromatic N) is 1. The van der Waals surface area contributed by atoms with E-state index in [9.17, 15) is 13.6 Å². The van der Waals surface area contributed by atoms with E-state index in [0.717, 1.165) is 0 Å². The van der Waals surface area contributed by atoms with Crippen molar-refractivity contribution >= 4 is 11.7 Å². The van der Waals surface area contributed by atoms with Crippen LogP contribution in [0.5, 0.6) is 0 Å². The zero-order valence-corrected chi connectivity index (χ0v) is 11.9. The molecule has 0 unspecified atom stereocenters. The Hall–Kier alpha value is -1.98. The highest BCUT2D eigenvalue weighted by molar-refractivity contribution is 5.98. The van der Waals surface area contributed by atoms with Crippen molar-refractivity contribution in [3.8, 4) is 0 Å². The number of oxime groups is 1. The number of carbonyl (C=O) groups excluding carboxylic acids is 1. The molecule has 0 N–H and O–H groups in total. The monoisotopic (exact) mass is 285 g/mol. The number of benzene rings is 1. The molecule has 0 saturated carbocycles. The van der Waals surface area contributed by atoms with E-state index in [1.54, 1.807) is 6.92 Å². The fourth-order valence-electron chi connectivity index (χ4n) is 1.76. The average molecular weight is 285 g/mol. The molecule has 0 aromatic heterocycles. The SMILES string of the molecule is CCOC(=O)C(F)(F)c1ccc(/C(C)=N/OC)cc1C. The third kappa shape index (κ3) is 3.31. The Bertz CT molecular complexity index is 527. The summed E-state index contributed by atoms with van der Waals surface area (Å²) < 4.78 is 32.3. The third-order valence-corrected chi connectivity index (χ3v) is 2.74.